The Bertz CT molecular complexity index is 1210. The summed E-state index contributed by atoms with van der Waals surface area (Å²) in [7, 11) is 1.55. The van der Waals surface area contributed by atoms with Gasteiger partial charge in [-0.05, 0) is 28.8 Å². The van der Waals surface area contributed by atoms with Gasteiger partial charge in [0.2, 0.25) is 0 Å². The first-order valence-electron chi connectivity index (χ1n) is 10.6. The van der Waals surface area contributed by atoms with Crippen molar-refractivity contribution in [3.8, 4) is 17.9 Å². The maximum Gasteiger partial charge on any atom is 0.337 e. The third-order valence-electron chi connectivity index (χ3n) is 6.54. The average molecular weight is 441 g/mol. The van der Waals surface area contributed by atoms with Gasteiger partial charge in [0.05, 0.1) is 30.5 Å². The molecule has 0 saturated heterocycles. The zero-order valence-electron chi connectivity index (χ0n) is 18.2. The minimum atomic E-state index is -1.82. The molecule has 166 valence electrons. The normalized spacial score (nSPS) is 21.8. The van der Waals surface area contributed by atoms with E-state index in [2.05, 4.69) is 17.0 Å². The number of carbonyl (C=O) groups is 1. The number of rotatable bonds is 5. The Labute approximate surface area is 192 Å². The Morgan fingerprint density at radius 3 is 2.58 bits per heavy atom. The van der Waals surface area contributed by atoms with E-state index in [-0.39, 0.29) is 11.3 Å². The molecule has 1 aliphatic heterocycles. The summed E-state index contributed by atoms with van der Waals surface area (Å²) < 4.78 is 5.38. The van der Waals surface area contributed by atoms with E-state index >= 15 is 0 Å². The Morgan fingerprint density at radius 1 is 1.21 bits per heavy atom. The molecule has 0 fully saturated rings. The molecule has 0 saturated carbocycles. The fourth-order valence-corrected chi connectivity index (χ4v) is 5.04. The summed E-state index contributed by atoms with van der Waals surface area (Å²) in [5.74, 6) is -1.70. The highest BCUT2D eigenvalue weighted by atomic mass is 16.5. The van der Waals surface area contributed by atoms with Crippen molar-refractivity contribution in [2.24, 2.45) is 17.1 Å². The second-order valence-electron chi connectivity index (χ2n) is 8.33. The lowest BCUT2D eigenvalue weighted by Gasteiger charge is -2.46. The van der Waals surface area contributed by atoms with Gasteiger partial charge >= 0.3 is 5.97 Å². The van der Waals surface area contributed by atoms with Gasteiger partial charge in [-0.15, -0.1) is 0 Å². The number of aliphatic carboxylic acids is 1. The van der Waals surface area contributed by atoms with E-state index in [0.29, 0.717) is 36.5 Å². The number of benzene rings is 2. The molecule has 2 aromatic carbocycles. The zero-order chi connectivity index (χ0) is 23.6. The van der Waals surface area contributed by atoms with Gasteiger partial charge in [0, 0.05) is 31.5 Å². The first-order chi connectivity index (χ1) is 15.9. The predicted molar refractivity (Wildman–Crippen MR) is 122 cm³/mol. The molecular weight excluding hydrogens is 416 g/mol. The smallest absolute Gasteiger partial charge is 0.337 e. The van der Waals surface area contributed by atoms with E-state index < -0.39 is 23.2 Å². The first-order valence-corrected chi connectivity index (χ1v) is 10.6. The molecule has 7 heteroatoms. The maximum absolute atomic E-state index is 12.2. The number of fused-ring (bicyclic) bond motifs is 1. The Morgan fingerprint density at radius 2 is 1.94 bits per heavy atom. The summed E-state index contributed by atoms with van der Waals surface area (Å²) in [6.07, 6.45) is 1.87. The van der Waals surface area contributed by atoms with Crippen molar-refractivity contribution in [3.63, 3.8) is 0 Å². The molecule has 33 heavy (non-hydrogen) atoms. The van der Waals surface area contributed by atoms with Crippen LogP contribution in [-0.2, 0) is 11.3 Å². The molecule has 2 aliphatic rings. The average Bonchev–Trinajstić information content (AvgIpc) is 2.84. The summed E-state index contributed by atoms with van der Waals surface area (Å²) in [6.45, 7) is 1.69. The van der Waals surface area contributed by atoms with Gasteiger partial charge < -0.3 is 15.6 Å². The molecule has 7 nitrogen and oxygen atoms in total. The summed E-state index contributed by atoms with van der Waals surface area (Å²) >= 11 is 0. The Kier molecular flexibility index (Phi) is 5.91. The third-order valence-corrected chi connectivity index (χ3v) is 6.54. The maximum atomic E-state index is 12.2. The monoisotopic (exact) mass is 440 g/mol. The van der Waals surface area contributed by atoms with E-state index in [1.807, 2.05) is 42.5 Å². The van der Waals surface area contributed by atoms with E-state index in [9.17, 15) is 20.4 Å². The molecule has 1 aliphatic carbocycles. The molecule has 0 bridgehead atoms. The fourth-order valence-electron chi connectivity index (χ4n) is 5.04. The van der Waals surface area contributed by atoms with Gasteiger partial charge in [-0.3, -0.25) is 4.90 Å². The topological polar surface area (TPSA) is 123 Å². The summed E-state index contributed by atoms with van der Waals surface area (Å²) in [5, 5.41) is 30.4. The lowest BCUT2D eigenvalue weighted by Crippen LogP contribution is -2.48. The number of nitrogens with two attached hydrogens (primary N) is 1. The van der Waals surface area contributed by atoms with Crippen LogP contribution in [0.1, 0.15) is 17.0 Å². The number of allylic oxidation sites excluding steroid dienone is 1. The summed E-state index contributed by atoms with van der Waals surface area (Å²) in [5.41, 5.74) is 6.59. The fraction of sp³-hybridized carbons (Fsp3) is 0.269. The van der Waals surface area contributed by atoms with Crippen molar-refractivity contribution in [1.82, 2.24) is 4.90 Å². The van der Waals surface area contributed by atoms with Gasteiger partial charge in [0.25, 0.3) is 0 Å². The molecule has 0 amide bonds. The molecule has 0 aromatic heterocycles. The number of carboxylic acids is 1. The van der Waals surface area contributed by atoms with Crippen molar-refractivity contribution in [3.05, 3.63) is 88.6 Å². The molecule has 2 aromatic rings. The summed E-state index contributed by atoms with van der Waals surface area (Å²) in [6, 6.07) is 21.4. The van der Waals surface area contributed by atoms with Crippen molar-refractivity contribution >= 4 is 5.97 Å². The van der Waals surface area contributed by atoms with Crippen LogP contribution in [0.5, 0.6) is 5.75 Å². The SMILES string of the molecule is COc1cccc([C@@H]2[C@@H]3CN(Cc4ccccc4)CC=C3C(C(=O)O)=C(N)C2(C#N)C#N)c1. The minimum absolute atomic E-state index is 0.124. The second kappa shape index (κ2) is 8.82. The molecule has 3 N–H and O–H groups in total. The van der Waals surface area contributed by atoms with Gasteiger partial charge in [0.1, 0.15) is 5.75 Å². The predicted octanol–water partition coefficient (Wildman–Crippen LogP) is 3.18. The Hall–Kier alpha value is -4.07. The molecule has 0 unspecified atom stereocenters. The van der Waals surface area contributed by atoms with Gasteiger partial charge in [0.15, 0.2) is 5.41 Å². The van der Waals surface area contributed by atoms with Crippen molar-refractivity contribution in [2.75, 3.05) is 20.2 Å². The number of methoxy groups -OCH3 is 1. The number of hydrogen-bond acceptors (Lipinski definition) is 6. The first kappa shape index (κ1) is 22.1. The van der Waals surface area contributed by atoms with Crippen LogP contribution in [-0.4, -0.2) is 36.2 Å². The van der Waals surface area contributed by atoms with Crippen LogP contribution in [0.25, 0.3) is 0 Å². The lowest BCUT2D eigenvalue weighted by molar-refractivity contribution is -0.132. The van der Waals surface area contributed by atoms with Gasteiger partial charge in [-0.25, -0.2) is 4.79 Å². The number of carboxylic acid groups (broad SMARTS) is 1. The molecular formula is C26H24N4O3. The Balaban J connectivity index is 1.88. The van der Waals surface area contributed by atoms with E-state index in [1.165, 1.54) is 0 Å². The molecule has 2 atom stereocenters. The van der Waals surface area contributed by atoms with Crippen LogP contribution in [0.15, 0.2) is 77.5 Å². The van der Waals surface area contributed by atoms with Crippen molar-refractivity contribution in [2.45, 2.75) is 12.5 Å². The number of nitriles is 2. The molecule has 4 rings (SSSR count). The minimum Gasteiger partial charge on any atom is -0.497 e. The molecule has 1 heterocycles. The highest BCUT2D eigenvalue weighted by Gasteiger charge is 2.55. The van der Waals surface area contributed by atoms with Crippen LogP contribution in [0.3, 0.4) is 0 Å². The lowest BCUT2D eigenvalue weighted by atomic mass is 9.58. The van der Waals surface area contributed by atoms with Crippen molar-refractivity contribution in [1.29, 1.82) is 10.5 Å². The van der Waals surface area contributed by atoms with E-state index in [1.54, 1.807) is 25.3 Å². The van der Waals surface area contributed by atoms with Crippen LogP contribution in [0.4, 0.5) is 0 Å². The standard InChI is InChI=1S/C26H24N4O3/c1-33-19-9-5-8-18(12-19)23-21-14-30(13-17-6-3-2-4-7-17)11-10-20(21)22(25(31)32)24(29)26(23,15-27)16-28/h2-10,12,21,23H,11,13-14,29H2,1H3,(H,31,32)/t21-,23-/m1/s1. The third kappa shape index (κ3) is 3.73. The van der Waals surface area contributed by atoms with Gasteiger partial charge in [-0.2, -0.15) is 10.5 Å². The largest absolute Gasteiger partial charge is 0.497 e. The molecule has 0 radical (unpaired) electrons. The zero-order valence-corrected chi connectivity index (χ0v) is 18.2. The summed E-state index contributed by atoms with van der Waals surface area (Å²) in [4.78, 5) is 14.4. The van der Waals surface area contributed by atoms with E-state index in [0.717, 1.165) is 5.56 Å². The van der Waals surface area contributed by atoms with Crippen LogP contribution in [0.2, 0.25) is 0 Å². The number of ether oxygens (including phenoxy) is 1. The second-order valence-corrected chi connectivity index (χ2v) is 8.33. The van der Waals surface area contributed by atoms with Crippen LogP contribution < -0.4 is 10.5 Å². The highest BCUT2D eigenvalue weighted by molar-refractivity contribution is 5.94. The van der Waals surface area contributed by atoms with Gasteiger partial charge in [-0.1, -0.05) is 48.5 Å². The van der Waals surface area contributed by atoms with Crippen LogP contribution in [0, 0.1) is 34.0 Å². The van der Waals surface area contributed by atoms with Crippen LogP contribution >= 0.6 is 0 Å². The number of nitrogens with zero attached hydrogens (tertiary/aromatic N) is 3. The highest BCUT2D eigenvalue weighted by Crippen LogP contribution is 2.54. The van der Waals surface area contributed by atoms with Crippen molar-refractivity contribution < 1.29 is 14.6 Å². The quantitative estimate of drug-likeness (QED) is 0.732. The number of hydrogen-bond donors (Lipinski definition) is 2. The molecule has 0 spiro atoms. The van der Waals surface area contributed by atoms with E-state index in [4.69, 9.17) is 10.5 Å².